The van der Waals surface area contributed by atoms with E-state index in [2.05, 4.69) is 15.9 Å². The van der Waals surface area contributed by atoms with Gasteiger partial charge in [0.15, 0.2) is 0 Å². The normalized spacial score (nSPS) is 13.4. The van der Waals surface area contributed by atoms with Crippen molar-refractivity contribution < 1.29 is 9.53 Å². The third-order valence-electron chi connectivity index (χ3n) is 2.29. The van der Waals surface area contributed by atoms with Gasteiger partial charge in [0.25, 0.3) is 0 Å². The van der Waals surface area contributed by atoms with Gasteiger partial charge in [0, 0.05) is 4.47 Å². The zero-order valence-corrected chi connectivity index (χ0v) is 9.30. The lowest BCUT2D eigenvalue weighted by Gasteiger charge is -2.03. The number of rotatable bonds is 1. The molecular weight excluding hydrogens is 244 g/mol. The van der Waals surface area contributed by atoms with Crippen LogP contribution in [0.15, 0.2) is 28.7 Å². The Morgan fingerprint density at radius 1 is 1.50 bits per heavy atom. The highest BCUT2D eigenvalue weighted by molar-refractivity contribution is 9.10. The molecule has 1 aliphatic rings. The van der Waals surface area contributed by atoms with E-state index < -0.39 is 0 Å². The van der Waals surface area contributed by atoms with E-state index >= 15 is 0 Å². The van der Waals surface area contributed by atoms with Crippen molar-refractivity contribution in [2.24, 2.45) is 0 Å². The zero-order chi connectivity index (χ0) is 10.1. The van der Waals surface area contributed by atoms with Crippen LogP contribution in [0.2, 0.25) is 0 Å². The Morgan fingerprint density at radius 3 is 3.00 bits per heavy atom. The van der Waals surface area contributed by atoms with Crippen molar-refractivity contribution in [1.82, 2.24) is 0 Å². The van der Waals surface area contributed by atoms with Crippen LogP contribution in [-0.4, -0.2) is 13.1 Å². The summed E-state index contributed by atoms with van der Waals surface area (Å²) < 4.78 is 5.69. The summed E-state index contributed by atoms with van der Waals surface area (Å²) >= 11 is 3.38. The molecule has 0 aliphatic heterocycles. The minimum absolute atomic E-state index is 0.262. The van der Waals surface area contributed by atoms with Crippen molar-refractivity contribution in [3.63, 3.8) is 0 Å². The summed E-state index contributed by atoms with van der Waals surface area (Å²) in [6, 6.07) is 5.95. The largest absolute Gasteiger partial charge is 0.465 e. The number of allylic oxidation sites excluding steroid dienone is 1. The molecule has 0 saturated carbocycles. The number of fused-ring (bicyclic) bond motifs is 1. The average Bonchev–Trinajstić information content (AvgIpc) is 2.59. The Bertz CT molecular complexity index is 421. The number of hydrogen-bond donors (Lipinski definition) is 0. The Labute approximate surface area is 90.7 Å². The van der Waals surface area contributed by atoms with E-state index in [1.165, 1.54) is 12.7 Å². The number of hydrogen-bond acceptors (Lipinski definition) is 2. The predicted octanol–water partition coefficient (Wildman–Crippen LogP) is 2.56. The Morgan fingerprint density at radius 2 is 2.29 bits per heavy atom. The van der Waals surface area contributed by atoms with Gasteiger partial charge in [-0.1, -0.05) is 28.1 Å². The Hall–Kier alpha value is -1.09. The molecule has 2 nitrogen and oxygen atoms in total. The molecule has 0 spiro atoms. The molecule has 3 heteroatoms. The lowest BCUT2D eigenvalue weighted by Crippen LogP contribution is -2.02. The summed E-state index contributed by atoms with van der Waals surface area (Å²) in [6.45, 7) is 0. The Kier molecular flexibility index (Phi) is 2.42. The molecule has 0 aromatic heterocycles. The smallest absolute Gasteiger partial charge is 0.338 e. The number of esters is 1. The van der Waals surface area contributed by atoms with Crippen molar-refractivity contribution >= 4 is 27.5 Å². The van der Waals surface area contributed by atoms with Crippen LogP contribution < -0.4 is 0 Å². The van der Waals surface area contributed by atoms with Crippen molar-refractivity contribution in [2.45, 2.75) is 6.42 Å². The van der Waals surface area contributed by atoms with Gasteiger partial charge in [0.05, 0.1) is 12.7 Å². The standard InChI is InChI=1S/C11H9BrO2/c1-14-11(13)9-5-3-7-2-4-8(12)6-10(7)9/h2,4-6H,3H2,1H3. The monoisotopic (exact) mass is 252 g/mol. The molecule has 0 saturated heterocycles. The maximum absolute atomic E-state index is 11.4. The second-order valence-electron chi connectivity index (χ2n) is 3.11. The summed E-state index contributed by atoms with van der Waals surface area (Å²) in [5, 5.41) is 0. The number of halogens is 1. The summed E-state index contributed by atoms with van der Waals surface area (Å²) in [5.74, 6) is -0.262. The van der Waals surface area contributed by atoms with Crippen molar-refractivity contribution in [2.75, 3.05) is 7.11 Å². The second kappa shape index (κ2) is 3.58. The number of benzene rings is 1. The minimum Gasteiger partial charge on any atom is -0.465 e. The SMILES string of the molecule is COC(=O)C1=CCc2ccc(Br)cc21. The third-order valence-corrected chi connectivity index (χ3v) is 2.79. The summed E-state index contributed by atoms with van der Waals surface area (Å²) in [4.78, 5) is 11.4. The summed E-state index contributed by atoms with van der Waals surface area (Å²) in [5.41, 5.74) is 2.82. The van der Waals surface area contributed by atoms with Crippen LogP contribution in [0, 0.1) is 0 Å². The van der Waals surface area contributed by atoms with Crippen molar-refractivity contribution in [1.29, 1.82) is 0 Å². The van der Waals surface area contributed by atoms with Crippen LogP contribution in [0.1, 0.15) is 11.1 Å². The molecule has 0 fully saturated rings. The van der Waals surface area contributed by atoms with Crippen molar-refractivity contribution in [3.05, 3.63) is 39.9 Å². The van der Waals surface area contributed by atoms with E-state index in [1.54, 1.807) is 0 Å². The van der Waals surface area contributed by atoms with Gasteiger partial charge in [-0.25, -0.2) is 4.79 Å². The highest BCUT2D eigenvalue weighted by Gasteiger charge is 2.20. The van der Waals surface area contributed by atoms with Crippen LogP contribution in [0.25, 0.3) is 5.57 Å². The second-order valence-corrected chi connectivity index (χ2v) is 4.03. The quantitative estimate of drug-likeness (QED) is 0.719. The molecule has 1 aromatic carbocycles. The van der Waals surface area contributed by atoms with Gasteiger partial charge in [0.1, 0.15) is 0 Å². The fourth-order valence-electron chi connectivity index (χ4n) is 1.60. The number of ether oxygens (including phenoxy) is 1. The molecule has 0 N–H and O–H groups in total. The van der Waals surface area contributed by atoms with E-state index in [9.17, 15) is 4.79 Å². The summed E-state index contributed by atoms with van der Waals surface area (Å²) in [7, 11) is 1.40. The average molecular weight is 253 g/mol. The van der Waals surface area contributed by atoms with E-state index in [0.717, 1.165) is 16.5 Å². The zero-order valence-electron chi connectivity index (χ0n) is 7.71. The topological polar surface area (TPSA) is 26.3 Å². The van der Waals surface area contributed by atoms with Gasteiger partial charge >= 0.3 is 5.97 Å². The lowest BCUT2D eigenvalue weighted by molar-refractivity contribution is -0.133. The predicted molar refractivity (Wildman–Crippen MR) is 57.8 cm³/mol. The van der Waals surface area contributed by atoms with Crippen LogP contribution >= 0.6 is 15.9 Å². The van der Waals surface area contributed by atoms with E-state index in [0.29, 0.717) is 5.57 Å². The van der Waals surface area contributed by atoms with Gasteiger partial charge in [0.2, 0.25) is 0 Å². The number of methoxy groups -OCH3 is 1. The van der Waals surface area contributed by atoms with Crippen LogP contribution in [0.5, 0.6) is 0 Å². The molecule has 0 heterocycles. The number of carbonyl (C=O) groups is 1. The first-order chi connectivity index (χ1) is 6.72. The van der Waals surface area contributed by atoms with Crippen LogP contribution in [0.3, 0.4) is 0 Å². The third kappa shape index (κ3) is 1.48. The molecule has 0 atom stereocenters. The van der Waals surface area contributed by atoms with Gasteiger partial charge in [-0.15, -0.1) is 0 Å². The van der Waals surface area contributed by atoms with E-state index in [4.69, 9.17) is 4.74 Å². The van der Waals surface area contributed by atoms with Crippen molar-refractivity contribution in [3.8, 4) is 0 Å². The van der Waals surface area contributed by atoms with E-state index in [1.807, 2.05) is 24.3 Å². The number of carbonyl (C=O) groups excluding carboxylic acids is 1. The van der Waals surface area contributed by atoms with Gasteiger partial charge < -0.3 is 4.74 Å². The van der Waals surface area contributed by atoms with Gasteiger partial charge in [-0.3, -0.25) is 0 Å². The highest BCUT2D eigenvalue weighted by atomic mass is 79.9. The molecule has 0 bridgehead atoms. The molecule has 14 heavy (non-hydrogen) atoms. The van der Waals surface area contributed by atoms with Crippen LogP contribution in [0.4, 0.5) is 0 Å². The minimum atomic E-state index is -0.262. The fraction of sp³-hybridized carbons (Fsp3) is 0.182. The maximum atomic E-state index is 11.4. The first-order valence-corrected chi connectivity index (χ1v) is 5.09. The highest BCUT2D eigenvalue weighted by Crippen LogP contribution is 2.30. The molecular formula is C11H9BrO2. The maximum Gasteiger partial charge on any atom is 0.338 e. The lowest BCUT2D eigenvalue weighted by atomic mass is 10.1. The van der Waals surface area contributed by atoms with Gasteiger partial charge in [-0.05, 0) is 29.7 Å². The van der Waals surface area contributed by atoms with Crippen LogP contribution in [-0.2, 0) is 16.0 Å². The first kappa shape index (κ1) is 9.46. The molecule has 0 unspecified atom stereocenters. The molecule has 2 rings (SSSR count). The summed E-state index contributed by atoms with van der Waals surface area (Å²) in [6.07, 6.45) is 2.72. The molecule has 0 radical (unpaired) electrons. The molecule has 1 aliphatic carbocycles. The molecule has 72 valence electrons. The van der Waals surface area contributed by atoms with Gasteiger partial charge in [-0.2, -0.15) is 0 Å². The Balaban J connectivity index is 2.45. The molecule has 1 aromatic rings. The first-order valence-electron chi connectivity index (χ1n) is 4.29. The molecule has 0 amide bonds. The fourth-order valence-corrected chi connectivity index (χ4v) is 1.96. The van der Waals surface area contributed by atoms with E-state index in [-0.39, 0.29) is 5.97 Å².